The Balaban J connectivity index is 1.77. The minimum absolute atomic E-state index is 0.487. The molecule has 0 aliphatic carbocycles. The number of hydrogen-bond acceptors (Lipinski definition) is 4. The van der Waals surface area contributed by atoms with E-state index in [4.69, 9.17) is 0 Å². The zero-order valence-corrected chi connectivity index (χ0v) is 13.5. The van der Waals surface area contributed by atoms with Gasteiger partial charge in [-0.1, -0.05) is 6.42 Å². The third-order valence-electron chi connectivity index (χ3n) is 4.96. The number of carboxylic acids is 1. The molecule has 2 aliphatic heterocycles. The summed E-state index contributed by atoms with van der Waals surface area (Å²) < 4.78 is 1.66. The van der Waals surface area contributed by atoms with E-state index in [0.29, 0.717) is 18.5 Å². The van der Waals surface area contributed by atoms with Crippen LogP contribution in [-0.4, -0.2) is 49.4 Å². The summed E-state index contributed by atoms with van der Waals surface area (Å²) in [7, 11) is 0. The lowest BCUT2D eigenvalue weighted by atomic mass is 9.97. The molecule has 6 heteroatoms. The van der Waals surface area contributed by atoms with E-state index in [2.05, 4.69) is 28.8 Å². The van der Waals surface area contributed by atoms with E-state index in [1.54, 1.807) is 4.68 Å². The van der Waals surface area contributed by atoms with Gasteiger partial charge in [0.05, 0.1) is 0 Å². The van der Waals surface area contributed by atoms with Crippen LogP contribution in [0.5, 0.6) is 0 Å². The van der Waals surface area contributed by atoms with E-state index >= 15 is 0 Å². The Morgan fingerprint density at radius 2 is 2.14 bits per heavy atom. The maximum Gasteiger partial charge on any atom is 0.328 e. The van der Waals surface area contributed by atoms with Gasteiger partial charge in [0.25, 0.3) is 0 Å². The van der Waals surface area contributed by atoms with Crippen molar-refractivity contribution in [3.05, 3.63) is 11.6 Å². The average molecular weight is 306 g/mol. The first-order chi connectivity index (χ1) is 10.6. The van der Waals surface area contributed by atoms with Crippen molar-refractivity contribution in [3.8, 4) is 0 Å². The normalized spacial score (nSPS) is 26.1. The Morgan fingerprint density at radius 1 is 1.32 bits per heavy atom. The lowest BCUT2D eigenvalue weighted by Gasteiger charge is -2.38. The van der Waals surface area contributed by atoms with Gasteiger partial charge in [0.2, 0.25) is 0 Å². The van der Waals surface area contributed by atoms with Crippen molar-refractivity contribution >= 4 is 5.97 Å². The second kappa shape index (κ2) is 6.36. The summed E-state index contributed by atoms with van der Waals surface area (Å²) in [6, 6.07) is 0.494. The number of rotatable bonds is 4. The molecule has 22 heavy (non-hydrogen) atoms. The molecule has 0 amide bonds. The molecule has 3 rings (SSSR count). The van der Waals surface area contributed by atoms with Crippen LogP contribution in [0.4, 0.5) is 0 Å². The number of piperidine rings is 1. The fourth-order valence-electron chi connectivity index (χ4n) is 3.85. The van der Waals surface area contributed by atoms with Gasteiger partial charge in [0.15, 0.2) is 11.9 Å². The van der Waals surface area contributed by atoms with Crippen LogP contribution in [-0.2, 0) is 17.6 Å². The molecule has 2 aliphatic rings. The van der Waals surface area contributed by atoms with E-state index < -0.39 is 12.0 Å². The number of hydrogen-bond donors (Lipinski definition) is 1. The Bertz CT molecular complexity index is 540. The maximum absolute atomic E-state index is 11.4. The van der Waals surface area contributed by atoms with Crippen molar-refractivity contribution in [2.24, 2.45) is 0 Å². The lowest BCUT2D eigenvalue weighted by Crippen LogP contribution is -2.45. The number of fused-ring (bicyclic) bond motifs is 1. The smallest absolute Gasteiger partial charge is 0.328 e. The molecule has 0 radical (unpaired) electrons. The number of aryl methyl sites for hydroxylation is 1. The molecule has 122 valence electrons. The molecular formula is C16H26N4O2. The highest BCUT2D eigenvalue weighted by Gasteiger charge is 2.30. The second-order valence-corrected chi connectivity index (χ2v) is 6.82. The van der Waals surface area contributed by atoms with Crippen LogP contribution in [0.15, 0.2) is 0 Å². The highest BCUT2D eigenvalue weighted by molar-refractivity contribution is 5.71. The highest BCUT2D eigenvalue weighted by atomic mass is 16.4. The fraction of sp³-hybridized carbons (Fsp3) is 0.812. The molecule has 6 nitrogen and oxygen atoms in total. The van der Waals surface area contributed by atoms with Gasteiger partial charge in [-0.25, -0.2) is 14.5 Å². The summed E-state index contributed by atoms with van der Waals surface area (Å²) >= 11 is 0. The average Bonchev–Trinajstić information content (AvgIpc) is 2.89. The number of aliphatic carboxylic acids is 1. The molecule has 1 aromatic rings. The molecule has 1 aromatic heterocycles. The van der Waals surface area contributed by atoms with Crippen LogP contribution in [0.2, 0.25) is 0 Å². The molecule has 0 bridgehead atoms. The summed E-state index contributed by atoms with van der Waals surface area (Å²) in [6.45, 7) is 5.63. The number of nitrogens with zero attached hydrogens (tertiary/aromatic N) is 4. The number of aromatic nitrogens is 3. The Labute approximate surface area is 131 Å². The molecule has 1 fully saturated rings. The number of carboxylic acid groups (broad SMARTS) is 1. The first-order valence-corrected chi connectivity index (χ1v) is 8.49. The van der Waals surface area contributed by atoms with Crippen LogP contribution >= 0.6 is 0 Å². The minimum atomic E-state index is -0.793. The maximum atomic E-state index is 11.4. The number of likely N-dealkylation sites (tertiary alicyclic amines) is 1. The molecule has 2 unspecified atom stereocenters. The molecule has 0 saturated carbocycles. The molecule has 1 N–H and O–H groups in total. The molecule has 2 atom stereocenters. The third kappa shape index (κ3) is 3.02. The van der Waals surface area contributed by atoms with Crippen molar-refractivity contribution < 1.29 is 9.90 Å². The SMILES string of the molecule is CC(C)N1CCCCC1Cc1nc2n(n1)C(C(=O)O)CCC2. The van der Waals surface area contributed by atoms with Crippen molar-refractivity contribution in [3.63, 3.8) is 0 Å². The third-order valence-corrected chi connectivity index (χ3v) is 4.96. The van der Waals surface area contributed by atoms with Crippen LogP contribution in [0.25, 0.3) is 0 Å². The van der Waals surface area contributed by atoms with Crippen LogP contribution < -0.4 is 0 Å². The van der Waals surface area contributed by atoms with E-state index in [0.717, 1.165) is 37.5 Å². The van der Waals surface area contributed by atoms with Crippen LogP contribution in [0.1, 0.15) is 63.6 Å². The van der Waals surface area contributed by atoms with E-state index in [1.165, 1.54) is 19.3 Å². The second-order valence-electron chi connectivity index (χ2n) is 6.82. The highest BCUT2D eigenvalue weighted by Crippen LogP contribution is 2.26. The molecule has 3 heterocycles. The van der Waals surface area contributed by atoms with Gasteiger partial charge in [-0.2, -0.15) is 5.10 Å². The van der Waals surface area contributed by atoms with Crippen molar-refractivity contribution in [2.75, 3.05) is 6.54 Å². The van der Waals surface area contributed by atoms with Gasteiger partial charge in [-0.3, -0.25) is 4.90 Å². The Hall–Kier alpha value is -1.43. The summed E-state index contributed by atoms with van der Waals surface area (Å²) in [5.41, 5.74) is 0. The zero-order valence-electron chi connectivity index (χ0n) is 13.5. The predicted octanol–water partition coefficient (Wildman–Crippen LogP) is 2.05. The van der Waals surface area contributed by atoms with Crippen molar-refractivity contribution in [1.29, 1.82) is 0 Å². The largest absolute Gasteiger partial charge is 0.480 e. The van der Waals surface area contributed by atoms with Crippen molar-refractivity contribution in [2.45, 2.75) is 76.9 Å². The molecule has 1 saturated heterocycles. The topological polar surface area (TPSA) is 71.2 Å². The monoisotopic (exact) mass is 306 g/mol. The van der Waals surface area contributed by atoms with Gasteiger partial charge in [0, 0.05) is 24.9 Å². The summed E-state index contributed by atoms with van der Waals surface area (Å²) in [5.74, 6) is 0.875. The summed E-state index contributed by atoms with van der Waals surface area (Å²) in [5, 5.41) is 13.9. The zero-order chi connectivity index (χ0) is 15.7. The van der Waals surface area contributed by atoms with Gasteiger partial charge < -0.3 is 5.11 Å². The quantitative estimate of drug-likeness (QED) is 0.922. The Kier molecular flexibility index (Phi) is 4.47. The molecular weight excluding hydrogens is 280 g/mol. The number of carbonyl (C=O) groups is 1. The minimum Gasteiger partial charge on any atom is -0.480 e. The molecule has 0 aromatic carbocycles. The first-order valence-electron chi connectivity index (χ1n) is 8.49. The fourth-order valence-corrected chi connectivity index (χ4v) is 3.85. The molecule has 0 spiro atoms. The lowest BCUT2D eigenvalue weighted by molar-refractivity contribution is -0.141. The van der Waals surface area contributed by atoms with Gasteiger partial charge >= 0.3 is 5.97 Å². The van der Waals surface area contributed by atoms with Gasteiger partial charge in [-0.15, -0.1) is 0 Å². The van der Waals surface area contributed by atoms with Crippen LogP contribution in [0, 0.1) is 0 Å². The van der Waals surface area contributed by atoms with E-state index in [-0.39, 0.29) is 0 Å². The van der Waals surface area contributed by atoms with Crippen molar-refractivity contribution in [1.82, 2.24) is 19.7 Å². The van der Waals surface area contributed by atoms with E-state index in [1.807, 2.05) is 0 Å². The first kappa shape index (κ1) is 15.5. The van der Waals surface area contributed by atoms with Gasteiger partial charge in [-0.05, 0) is 46.1 Å². The van der Waals surface area contributed by atoms with Crippen LogP contribution in [0.3, 0.4) is 0 Å². The summed E-state index contributed by atoms with van der Waals surface area (Å²) in [6.07, 6.45) is 6.94. The summed E-state index contributed by atoms with van der Waals surface area (Å²) in [4.78, 5) is 18.5. The van der Waals surface area contributed by atoms with E-state index in [9.17, 15) is 9.90 Å². The Morgan fingerprint density at radius 3 is 2.86 bits per heavy atom. The predicted molar refractivity (Wildman–Crippen MR) is 82.8 cm³/mol. The standard InChI is InChI=1S/C16H26N4O2/c1-11(2)19-9-4-3-6-12(19)10-14-17-15-8-5-7-13(16(21)22)20(15)18-14/h11-13H,3-10H2,1-2H3,(H,21,22). The van der Waals surface area contributed by atoms with Gasteiger partial charge in [0.1, 0.15) is 5.82 Å².